The van der Waals surface area contributed by atoms with Crippen LogP contribution >= 0.6 is 0 Å². The summed E-state index contributed by atoms with van der Waals surface area (Å²) in [5.74, 6) is -1.01. The predicted molar refractivity (Wildman–Crippen MR) is 68.3 cm³/mol. The molecule has 2 atom stereocenters. The standard InChI is InChI=1S/C13H18F3N3O2/c1-9(19-6-2-5-17-19)12(21)18-7-3-10(4-8-18)11(20)13(14,15)16/h2,5-6,9-11,20H,3-4,7-8H2,1H3. The number of carbonyl (C=O) groups excluding carboxylic acids is 1. The minimum absolute atomic E-state index is 0.151. The maximum atomic E-state index is 12.5. The van der Waals surface area contributed by atoms with Crippen LogP contribution in [0, 0.1) is 5.92 Å². The van der Waals surface area contributed by atoms with Gasteiger partial charge in [-0.15, -0.1) is 0 Å². The van der Waals surface area contributed by atoms with Gasteiger partial charge in [0.1, 0.15) is 6.04 Å². The second-order valence-corrected chi connectivity index (χ2v) is 5.31. The Labute approximate surface area is 120 Å². The van der Waals surface area contributed by atoms with E-state index in [4.69, 9.17) is 0 Å². The van der Waals surface area contributed by atoms with Crippen molar-refractivity contribution in [1.82, 2.24) is 14.7 Å². The smallest absolute Gasteiger partial charge is 0.383 e. The zero-order chi connectivity index (χ0) is 15.6. The first-order valence-corrected chi connectivity index (χ1v) is 6.83. The van der Waals surface area contributed by atoms with E-state index in [1.54, 1.807) is 25.4 Å². The van der Waals surface area contributed by atoms with Gasteiger partial charge in [0.15, 0.2) is 6.10 Å². The number of amides is 1. The first-order valence-electron chi connectivity index (χ1n) is 6.83. The molecule has 1 fully saturated rings. The highest BCUT2D eigenvalue weighted by atomic mass is 19.4. The topological polar surface area (TPSA) is 58.4 Å². The Morgan fingerprint density at radius 3 is 2.48 bits per heavy atom. The fraction of sp³-hybridized carbons (Fsp3) is 0.692. The molecule has 1 amide bonds. The maximum absolute atomic E-state index is 12.5. The molecule has 8 heteroatoms. The Hall–Kier alpha value is -1.57. The van der Waals surface area contributed by atoms with E-state index in [0.717, 1.165) is 0 Å². The summed E-state index contributed by atoms with van der Waals surface area (Å²) >= 11 is 0. The lowest BCUT2D eigenvalue weighted by atomic mass is 9.90. The van der Waals surface area contributed by atoms with Gasteiger partial charge in [-0.3, -0.25) is 9.48 Å². The number of rotatable bonds is 3. The molecular weight excluding hydrogens is 287 g/mol. The number of aromatic nitrogens is 2. The number of carbonyl (C=O) groups is 1. The van der Waals surface area contributed by atoms with Gasteiger partial charge < -0.3 is 10.0 Å². The van der Waals surface area contributed by atoms with Gasteiger partial charge >= 0.3 is 6.18 Å². The van der Waals surface area contributed by atoms with E-state index in [1.807, 2.05) is 0 Å². The molecule has 1 aromatic heterocycles. The summed E-state index contributed by atoms with van der Waals surface area (Å²) in [5, 5.41) is 13.2. The molecule has 2 heterocycles. The van der Waals surface area contributed by atoms with E-state index in [0.29, 0.717) is 0 Å². The van der Waals surface area contributed by atoms with E-state index >= 15 is 0 Å². The number of hydrogen-bond donors (Lipinski definition) is 1. The number of nitrogens with zero attached hydrogens (tertiary/aromatic N) is 3. The van der Waals surface area contributed by atoms with Gasteiger partial charge in [-0.2, -0.15) is 18.3 Å². The summed E-state index contributed by atoms with van der Waals surface area (Å²) in [6.45, 7) is 2.15. The lowest BCUT2D eigenvalue weighted by Gasteiger charge is -2.35. The fourth-order valence-corrected chi connectivity index (χ4v) is 2.59. The van der Waals surface area contributed by atoms with E-state index in [9.17, 15) is 23.1 Å². The summed E-state index contributed by atoms with van der Waals surface area (Å²) in [7, 11) is 0. The van der Waals surface area contributed by atoms with Crippen LogP contribution in [-0.2, 0) is 4.79 Å². The highest BCUT2D eigenvalue weighted by Crippen LogP contribution is 2.32. The van der Waals surface area contributed by atoms with Crippen molar-refractivity contribution in [3.63, 3.8) is 0 Å². The van der Waals surface area contributed by atoms with Crippen molar-refractivity contribution < 1.29 is 23.1 Å². The van der Waals surface area contributed by atoms with Crippen molar-refractivity contribution in [3.05, 3.63) is 18.5 Å². The maximum Gasteiger partial charge on any atom is 0.414 e. The molecule has 1 aromatic rings. The van der Waals surface area contributed by atoms with Crippen molar-refractivity contribution in [1.29, 1.82) is 0 Å². The molecular formula is C13H18F3N3O2. The molecule has 2 rings (SSSR count). The van der Waals surface area contributed by atoms with Crippen LogP contribution in [-0.4, -0.2) is 51.1 Å². The molecule has 118 valence electrons. The highest BCUT2D eigenvalue weighted by Gasteiger charge is 2.44. The fourth-order valence-electron chi connectivity index (χ4n) is 2.59. The van der Waals surface area contributed by atoms with Crippen LogP contribution in [0.5, 0.6) is 0 Å². The Kier molecular flexibility index (Phi) is 4.55. The summed E-state index contributed by atoms with van der Waals surface area (Å²) in [5.41, 5.74) is 0. The lowest BCUT2D eigenvalue weighted by Crippen LogP contribution is -2.46. The predicted octanol–water partition coefficient (Wildman–Crippen LogP) is 1.61. The lowest BCUT2D eigenvalue weighted by molar-refractivity contribution is -0.223. The molecule has 0 radical (unpaired) electrons. The van der Waals surface area contributed by atoms with Crippen molar-refractivity contribution in [3.8, 4) is 0 Å². The Morgan fingerprint density at radius 2 is 2.00 bits per heavy atom. The number of aliphatic hydroxyl groups is 1. The minimum Gasteiger partial charge on any atom is -0.383 e. The van der Waals surface area contributed by atoms with Gasteiger partial charge in [-0.05, 0) is 31.7 Å². The van der Waals surface area contributed by atoms with Crippen molar-refractivity contribution >= 4 is 5.91 Å². The zero-order valence-corrected chi connectivity index (χ0v) is 11.6. The van der Waals surface area contributed by atoms with Crippen LogP contribution in [0.25, 0.3) is 0 Å². The molecule has 1 aliphatic heterocycles. The molecule has 0 spiro atoms. The average molecular weight is 305 g/mol. The summed E-state index contributed by atoms with van der Waals surface area (Å²) < 4.78 is 38.9. The van der Waals surface area contributed by atoms with E-state index in [1.165, 1.54) is 9.58 Å². The van der Waals surface area contributed by atoms with Gasteiger partial charge in [0.2, 0.25) is 5.91 Å². The summed E-state index contributed by atoms with van der Waals surface area (Å²) in [6.07, 6.45) is -3.37. The molecule has 0 bridgehead atoms. The van der Waals surface area contributed by atoms with E-state index in [-0.39, 0.29) is 31.8 Å². The zero-order valence-electron chi connectivity index (χ0n) is 11.6. The van der Waals surface area contributed by atoms with Crippen LogP contribution in [0.3, 0.4) is 0 Å². The van der Waals surface area contributed by atoms with Crippen LogP contribution < -0.4 is 0 Å². The van der Waals surface area contributed by atoms with Crippen LogP contribution in [0.1, 0.15) is 25.8 Å². The second kappa shape index (κ2) is 6.05. The molecule has 0 aliphatic carbocycles. The van der Waals surface area contributed by atoms with Crippen molar-refractivity contribution in [2.45, 2.75) is 38.1 Å². The number of alkyl halides is 3. The molecule has 2 unspecified atom stereocenters. The molecule has 0 saturated carbocycles. The Balaban J connectivity index is 1.90. The average Bonchev–Trinajstić information content (AvgIpc) is 2.98. The normalized spacial score (nSPS) is 20.3. The second-order valence-electron chi connectivity index (χ2n) is 5.31. The molecule has 21 heavy (non-hydrogen) atoms. The monoisotopic (exact) mass is 305 g/mol. The molecule has 5 nitrogen and oxygen atoms in total. The third-order valence-corrected chi connectivity index (χ3v) is 3.91. The third kappa shape index (κ3) is 3.55. The number of halogens is 3. The van der Waals surface area contributed by atoms with Crippen LogP contribution in [0.15, 0.2) is 18.5 Å². The van der Waals surface area contributed by atoms with E-state index in [2.05, 4.69) is 5.10 Å². The quantitative estimate of drug-likeness (QED) is 0.923. The molecule has 0 aromatic carbocycles. The Morgan fingerprint density at radius 1 is 1.38 bits per heavy atom. The van der Waals surface area contributed by atoms with Gasteiger partial charge in [0.05, 0.1) is 0 Å². The third-order valence-electron chi connectivity index (χ3n) is 3.91. The first kappa shape index (κ1) is 15.8. The molecule has 1 aliphatic rings. The highest BCUT2D eigenvalue weighted by molar-refractivity contribution is 5.80. The van der Waals surface area contributed by atoms with Crippen molar-refractivity contribution in [2.24, 2.45) is 5.92 Å². The first-order chi connectivity index (χ1) is 9.80. The number of aliphatic hydroxyl groups excluding tert-OH is 1. The molecule has 1 saturated heterocycles. The Bertz CT molecular complexity index is 468. The van der Waals surface area contributed by atoms with E-state index < -0.39 is 24.2 Å². The van der Waals surface area contributed by atoms with Gasteiger partial charge in [0, 0.05) is 25.5 Å². The van der Waals surface area contributed by atoms with Crippen molar-refractivity contribution in [2.75, 3.05) is 13.1 Å². The number of hydrogen-bond acceptors (Lipinski definition) is 3. The van der Waals surface area contributed by atoms with Crippen LogP contribution in [0.2, 0.25) is 0 Å². The van der Waals surface area contributed by atoms with Crippen LogP contribution in [0.4, 0.5) is 13.2 Å². The largest absolute Gasteiger partial charge is 0.414 e. The number of likely N-dealkylation sites (tertiary alicyclic amines) is 1. The minimum atomic E-state index is -4.60. The summed E-state index contributed by atoms with van der Waals surface area (Å²) in [4.78, 5) is 13.8. The van der Waals surface area contributed by atoms with Gasteiger partial charge in [-0.1, -0.05) is 0 Å². The van der Waals surface area contributed by atoms with Gasteiger partial charge in [0.25, 0.3) is 0 Å². The van der Waals surface area contributed by atoms with Gasteiger partial charge in [-0.25, -0.2) is 0 Å². The molecule has 1 N–H and O–H groups in total. The summed E-state index contributed by atoms with van der Waals surface area (Å²) in [6, 6.07) is 1.22. The number of piperidine rings is 1. The SMILES string of the molecule is CC(C(=O)N1CCC(C(O)C(F)(F)F)CC1)n1cccn1.